The van der Waals surface area contributed by atoms with Crippen molar-refractivity contribution in [3.63, 3.8) is 0 Å². The van der Waals surface area contributed by atoms with Crippen LogP contribution in [0.15, 0.2) is 29.2 Å². The van der Waals surface area contributed by atoms with Crippen molar-refractivity contribution >= 4 is 10.0 Å². The number of nitrogens with zero attached hydrogens (tertiary/aromatic N) is 1. The molecule has 19 heavy (non-hydrogen) atoms. The average Bonchev–Trinajstić information content (AvgIpc) is 2.39. The van der Waals surface area contributed by atoms with E-state index in [1.165, 1.54) is 0 Å². The fraction of sp³-hybridized carbons (Fsp3) is 0.571. The Bertz CT molecular complexity index is 523. The molecule has 106 valence electrons. The van der Waals surface area contributed by atoms with Gasteiger partial charge in [-0.1, -0.05) is 17.7 Å². The smallest absolute Gasteiger partial charge is 0.243 e. The third kappa shape index (κ3) is 3.16. The summed E-state index contributed by atoms with van der Waals surface area (Å²) >= 11 is 0. The lowest BCUT2D eigenvalue weighted by Gasteiger charge is -2.33. The van der Waals surface area contributed by atoms with Crippen LogP contribution in [0.5, 0.6) is 0 Å². The van der Waals surface area contributed by atoms with Gasteiger partial charge in [0.05, 0.1) is 4.90 Å². The van der Waals surface area contributed by atoms with Gasteiger partial charge in [0.15, 0.2) is 0 Å². The predicted molar refractivity (Wildman–Crippen MR) is 76.3 cm³/mol. The zero-order chi connectivity index (χ0) is 14.0. The molecule has 1 aromatic carbocycles. The van der Waals surface area contributed by atoms with Gasteiger partial charge in [0.25, 0.3) is 0 Å². The molecular weight excluding hydrogens is 260 g/mol. The van der Waals surface area contributed by atoms with Crippen molar-refractivity contribution in [1.82, 2.24) is 4.31 Å². The Labute approximate surface area is 115 Å². The van der Waals surface area contributed by atoms with Gasteiger partial charge in [0.1, 0.15) is 0 Å². The van der Waals surface area contributed by atoms with Crippen LogP contribution in [0.25, 0.3) is 0 Å². The predicted octanol–water partition coefficient (Wildman–Crippen LogP) is 1.74. The number of sulfonamides is 1. The zero-order valence-electron chi connectivity index (χ0n) is 11.5. The molecule has 0 saturated carbocycles. The van der Waals surface area contributed by atoms with E-state index in [0.29, 0.717) is 18.0 Å². The van der Waals surface area contributed by atoms with Gasteiger partial charge in [-0.05, 0) is 44.7 Å². The normalized spacial score (nSPS) is 23.2. The highest BCUT2D eigenvalue weighted by molar-refractivity contribution is 7.89. The second kappa shape index (κ2) is 5.61. The van der Waals surface area contributed by atoms with Gasteiger partial charge in [-0.2, -0.15) is 4.31 Å². The molecule has 1 aliphatic heterocycles. The van der Waals surface area contributed by atoms with Crippen LogP contribution in [0.1, 0.15) is 25.3 Å². The average molecular weight is 282 g/mol. The number of nitrogens with two attached hydrogens (primary N) is 1. The zero-order valence-corrected chi connectivity index (χ0v) is 12.4. The van der Waals surface area contributed by atoms with E-state index in [4.69, 9.17) is 5.73 Å². The summed E-state index contributed by atoms with van der Waals surface area (Å²) in [5.41, 5.74) is 6.97. The highest BCUT2D eigenvalue weighted by atomic mass is 32.2. The highest BCUT2D eigenvalue weighted by Crippen LogP contribution is 2.25. The van der Waals surface area contributed by atoms with Crippen molar-refractivity contribution in [3.05, 3.63) is 29.8 Å². The van der Waals surface area contributed by atoms with Crippen LogP contribution < -0.4 is 5.73 Å². The summed E-state index contributed by atoms with van der Waals surface area (Å²) in [5, 5.41) is 0. The Balaban J connectivity index is 2.22. The van der Waals surface area contributed by atoms with Crippen LogP contribution in [-0.4, -0.2) is 31.9 Å². The summed E-state index contributed by atoms with van der Waals surface area (Å²) in [6, 6.07) is 7.07. The number of rotatable bonds is 3. The molecule has 1 aromatic rings. The lowest BCUT2D eigenvalue weighted by Crippen LogP contribution is -2.44. The van der Waals surface area contributed by atoms with E-state index in [0.717, 1.165) is 18.4 Å². The number of benzene rings is 1. The summed E-state index contributed by atoms with van der Waals surface area (Å²) in [7, 11) is -3.37. The van der Waals surface area contributed by atoms with Gasteiger partial charge in [-0.25, -0.2) is 8.42 Å². The second-order valence-corrected chi connectivity index (χ2v) is 7.38. The molecule has 1 saturated heterocycles. The summed E-state index contributed by atoms with van der Waals surface area (Å²) in [6.07, 6.45) is 1.90. The summed E-state index contributed by atoms with van der Waals surface area (Å²) < 4.78 is 26.7. The molecule has 2 atom stereocenters. The first kappa shape index (κ1) is 14.5. The van der Waals surface area contributed by atoms with Crippen LogP contribution in [0, 0.1) is 12.8 Å². The minimum absolute atomic E-state index is 0.0380. The Kier molecular flexibility index (Phi) is 4.28. The third-order valence-corrected chi connectivity index (χ3v) is 5.70. The molecule has 5 heteroatoms. The van der Waals surface area contributed by atoms with Crippen LogP contribution in [0.4, 0.5) is 0 Å². The minimum atomic E-state index is -3.37. The molecule has 4 nitrogen and oxygen atoms in total. The Morgan fingerprint density at radius 1 is 1.32 bits per heavy atom. The van der Waals surface area contributed by atoms with Crippen LogP contribution in [0.3, 0.4) is 0 Å². The standard InChI is InChI=1S/C14H22N2O2S/c1-11-5-7-14(8-6-11)19(17,18)16-9-3-4-13(10-16)12(2)15/h5-8,12-13H,3-4,9-10,15H2,1-2H3. The number of aryl methyl sites for hydroxylation is 1. The van der Waals surface area contributed by atoms with Crippen molar-refractivity contribution in [2.24, 2.45) is 11.7 Å². The van der Waals surface area contributed by atoms with Crippen molar-refractivity contribution in [2.75, 3.05) is 13.1 Å². The molecule has 0 radical (unpaired) electrons. The molecule has 0 aromatic heterocycles. The molecule has 0 aliphatic carbocycles. The van der Waals surface area contributed by atoms with E-state index >= 15 is 0 Å². The quantitative estimate of drug-likeness (QED) is 0.918. The Morgan fingerprint density at radius 2 is 1.95 bits per heavy atom. The first-order valence-electron chi connectivity index (χ1n) is 6.73. The maximum Gasteiger partial charge on any atom is 0.243 e. The van der Waals surface area contributed by atoms with Crippen LogP contribution in [0.2, 0.25) is 0 Å². The topological polar surface area (TPSA) is 63.4 Å². The molecule has 0 amide bonds. The maximum absolute atomic E-state index is 12.6. The molecular formula is C14H22N2O2S. The van der Waals surface area contributed by atoms with E-state index in [1.807, 2.05) is 26.0 Å². The molecule has 2 rings (SSSR count). The Morgan fingerprint density at radius 3 is 2.53 bits per heavy atom. The SMILES string of the molecule is Cc1ccc(S(=O)(=O)N2CCCC(C(C)N)C2)cc1. The number of piperidine rings is 1. The van der Waals surface area contributed by atoms with Gasteiger partial charge in [0, 0.05) is 19.1 Å². The Hall–Kier alpha value is -0.910. The second-order valence-electron chi connectivity index (χ2n) is 5.44. The van der Waals surface area contributed by atoms with Crippen LogP contribution in [-0.2, 0) is 10.0 Å². The molecule has 2 N–H and O–H groups in total. The number of hydrogen-bond donors (Lipinski definition) is 1. The summed E-state index contributed by atoms with van der Waals surface area (Å²) in [4.78, 5) is 0.378. The number of hydrogen-bond acceptors (Lipinski definition) is 3. The van der Waals surface area contributed by atoms with E-state index in [2.05, 4.69) is 0 Å². The molecule has 2 unspecified atom stereocenters. The first-order chi connectivity index (χ1) is 8.91. The van der Waals surface area contributed by atoms with Gasteiger partial charge < -0.3 is 5.73 Å². The van der Waals surface area contributed by atoms with Crippen LogP contribution >= 0.6 is 0 Å². The first-order valence-corrected chi connectivity index (χ1v) is 8.17. The van der Waals surface area contributed by atoms with Crippen molar-refractivity contribution in [1.29, 1.82) is 0 Å². The van der Waals surface area contributed by atoms with E-state index in [-0.39, 0.29) is 12.0 Å². The summed E-state index contributed by atoms with van der Waals surface area (Å²) in [6.45, 7) is 5.03. The molecule has 0 bridgehead atoms. The van der Waals surface area contributed by atoms with Gasteiger partial charge >= 0.3 is 0 Å². The molecule has 1 heterocycles. The van der Waals surface area contributed by atoms with Crippen molar-refractivity contribution < 1.29 is 8.42 Å². The largest absolute Gasteiger partial charge is 0.328 e. The third-order valence-electron chi connectivity index (χ3n) is 3.82. The van der Waals surface area contributed by atoms with Crippen molar-refractivity contribution in [3.8, 4) is 0 Å². The fourth-order valence-electron chi connectivity index (χ4n) is 2.48. The monoisotopic (exact) mass is 282 g/mol. The van der Waals surface area contributed by atoms with E-state index < -0.39 is 10.0 Å². The highest BCUT2D eigenvalue weighted by Gasteiger charge is 2.31. The van der Waals surface area contributed by atoms with Gasteiger partial charge in [0.2, 0.25) is 10.0 Å². The van der Waals surface area contributed by atoms with E-state index in [1.54, 1.807) is 16.4 Å². The lowest BCUT2D eigenvalue weighted by molar-refractivity contribution is 0.243. The van der Waals surface area contributed by atoms with Gasteiger partial charge in [-0.15, -0.1) is 0 Å². The molecule has 0 spiro atoms. The maximum atomic E-state index is 12.6. The van der Waals surface area contributed by atoms with Gasteiger partial charge in [-0.3, -0.25) is 0 Å². The van der Waals surface area contributed by atoms with Crippen molar-refractivity contribution in [2.45, 2.75) is 37.6 Å². The fourth-order valence-corrected chi connectivity index (χ4v) is 4.02. The molecule has 1 aliphatic rings. The lowest BCUT2D eigenvalue weighted by atomic mass is 9.93. The molecule has 1 fully saturated rings. The van der Waals surface area contributed by atoms with E-state index in [9.17, 15) is 8.42 Å². The summed E-state index contributed by atoms with van der Waals surface area (Å²) in [5.74, 6) is 0.258. The minimum Gasteiger partial charge on any atom is -0.328 e.